The number of rotatable bonds is 5. The van der Waals surface area contributed by atoms with Gasteiger partial charge in [-0.05, 0) is 43.4 Å². The van der Waals surface area contributed by atoms with Gasteiger partial charge in [0.25, 0.3) is 0 Å². The van der Waals surface area contributed by atoms with Crippen molar-refractivity contribution in [3.63, 3.8) is 0 Å². The monoisotopic (exact) mass is 420 g/mol. The first kappa shape index (κ1) is 22.0. The Hall–Kier alpha value is -2.72. The van der Waals surface area contributed by atoms with E-state index in [-0.39, 0.29) is 45.4 Å². The summed E-state index contributed by atoms with van der Waals surface area (Å²) < 4.78 is 5.15. The number of ether oxygens (including phenoxy) is 1. The summed E-state index contributed by atoms with van der Waals surface area (Å²) in [7, 11) is 1.18. The molecular weight excluding hydrogens is 396 g/mol. The Morgan fingerprint density at radius 3 is 2.37 bits per heavy atom. The molecule has 5 atom stereocenters. The Morgan fingerprint density at radius 2 is 1.80 bits per heavy atom. The van der Waals surface area contributed by atoms with Crippen molar-refractivity contribution in [3.05, 3.63) is 28.8 Å². The molecule has 30 heavy (non-hydrogen) atoms. The van der Waals surface area contributed by atoms with Gasteiger partial charge in [-0.1, -0.05) is 0 Å². The molecule has 0 fully saturated rings. The highest BCUT2D eigenvalue weighted by molar-refractivity contribution is 6.11. The van der Waals surface area contributed by atoms with Crippen molar-refractivity contribution in [2.75, 3.05) is 7.11 Å². The van der Waals surface area contributed by atoms with Crippen LogP contribution in [-0.4, -0.2) is 73.7 Å². The molecule has 2 unspecified atom stereocenters. The average molecular weight is 420 g/mol. The van der Waals surface area contributed by atoms with E-state index in [0.29, 0.717) is 0 Å². The maximum Gasteiger partial charge on any atom is 0.195 e. The molecule has 0 bridgehead atoms. The summed E-state index contributed by atoms with van der Waals surface area (Å²) in [6.07, 6.45) is -6.32. The number of aliphatic hydroxyl groups is 3. The molecule has 0 radical (unpaired) electrons. The second kappa shape index (κ2) is 7.84. The van der Waals surface area contributed by atoms with Crippen LogP contribution < -0.4 is 0 Å². The Bertz CT molecular complexity index is 1030. The Balaban J connectivity index is 2.14. The summed E-state index contributed by atoms with van der Waals surface area (Å²) in [4.78, 5) is 25.4. The van der Waals surface area contributed by atoms with E-state index < -0.39 is 47.6 Å². The highest BCUT2D eigenvalue weighted by Gasteiger charge is 2.45. The number of aliphatic hydroxyl groups excluding tert-OH is 3. The number of benzene rings is 2. The second-order valence-corrected chi connectivity index (χ2v) is 7.65. The Morgan fingerprint density at radius 1 is 1.17 bits per heavy atom. The van der Waals surface area contributed by atoms with E-state index in [0.717, 1.165) is 0 Å². The first-order valence-electron chi connectivity index (χ1n) is 9.36. The molecule has 0 aromatic heterocycles. The largest absolute Gasteiger partial charge is 0.508 e. The molecule has 2 aromatic carbocycles. The van der Waals surface area contributed by atoms with Crippen LogP contribution in [0.3, 0.4) is 0 Å². The number of phenols is 3. The van der Waals surface area contributed by atoms with Crippen molar-refractivity contribution >= 4 is 22.3 Å². The van der Waals surface area contributed by atoms with Crippen molar-refractivity contribution in [2.24, 2.45) is 5.92 Å². The van der Waals surface area contributed by atoms with Crippen LogP contribution in [0.4, 0.5) is 0 Å². The minimum absolute atomic E-state index is 0.0352. The third-order valence-electron chi connectivity index (χ3n) is 5.73. The molecule has 9 heteroatoms. The third kappa shape index (κ3) is 3.29. The van der Waals surface area contributed by atoms with Crippen LogP contribution in [0.1, 0.15) is 28.4 Å². The summed E-state index contributed by atoms with van der Waals surface area (Å²) in [5.41, 5.74) is 0.214. The van der Waals surface area contributed by atoms with Gasteiger partial charge < -0.3 is 35.4 Å². The smallest absolute Gasteiger partial charge is 0.195 e. The normalized spacial score (nSPS) is 21.9. The Labute approximate surface area is 171 Å². The quantitative estimate of drug-likeness (QED) is 0.399. The number of aromatic hydroxyl groups is 3. The number of carbonyl (C=O) groups excluding carboxylic acids is 2. The number of carbonyl (C=O) groups is 2. The van der Waals surface area contributed by atoms with Crippen LogP contribution in [0.2, 0.25) is 0 Å². The van der Waals surface area contributed by atoms with Crippen LogP contribution >= 0.6 is 0 Å². The van der Waals surface area contributed by atoms with Crippen molar-refractivity contribution in [1.29, 1.82) is 0 Å². The van der Waals surface area contributed by atoms with Gasteiger partial charge in [-0.3, -0.25) is 9.59 Å². The van der Waals surface area contributed by atoms with Crippen molar-refractivity contribution in [2.45, 2.75) is 44.7 Å². The summed E-state index contributed by atoms with van der Waals surface area (Å²) >= 11 is 0. The van der Waals surface area contributed by atoms with E-state index in [9.17, 15) is 40.2 Å². The molecule has 6 N–H and O–H groups in total. The molecule has 0 saturated heterocycles. The molecule has 3 rings (SSSR count). The minimum atomic E-state index is -1.76. The molecule has 9 nitrogen and oxygen atoms in total. The zero-order valence-corrected chi connectivity index (χ0v) is 16.7. The van der Waals surface area contributed by atoms with E-state index in [1.54, 1.807) is 0 Å². The van der Waals surface area contributed by atoms with Crippen molar-refractivity contribution in [1.82, 2.24) is 0 Å². The third-order valence-corrected chi connectivity index (χ3v) is 5.73. The van der Waals surface area contributed by atoms with Crippen molar-refractivity contribution < 1.29 is 45.0 Å². The van der Waals surface area contributed by atoms with E-state index in [1.165, 1.54) is 33.1 Å². The number of hydrogen-bond acceptors (Lipinski definition) is 9. The van der Waals surface area contributed by atoms with Gasteiger partial charge in [-0.15, -0.1) is 0 Å². The van der Waals surface area contributed by atoms with Crippen LogP contribution in [-0.2, 0) is 16.0 Å². The molecule has 0 saturated carbocycles. The first-order valence-corrected chi connectivity index (χ1v) is 9.36. The van der Waals surface area contributed by atoms with Crippen LogP contribution in [0.25, 0.3) is 10.8 Å². The average Bonchev–Trinajstić information content (AvgIpc) is 2.69. The molecule has 1 aliphatic carbocycles. The minimum Gasteiger partial charge on any atom is -0.508 e. The lowest BCUT2D eigenvalue weighted by Gasteiger charge is -2.34. The summed E-state index contributed by atoms with van der Waals surface area (Å²) in [6.45, 7) is 2.66. The molecule has 0 spiro atoms. The summed E-state index contributed by atoms with van der Waals surface area (Å²) in [5, 5.41) is 61.2. The predicted octanol–water partition coefficient (Wildman–Crippen LogP) is 0.307. The summed E-state index contributed by atoms with van der Waals surface area (Å²) in [5.74, 6) is -3.96. The van der Waals surface area contributed by atoms with Crippen LogP contribution in [0, 0.1) is 12.8 Å². The first-order chi connectivity index (χ1) is 14.0. The lowest BCUT2D eigenvalue weighted by atomic mass is 9.75. The Kier molecular flexibility index (Phi) is 5.74. The topological polar surface area (TPSA) is 165 Å². The van der Waals surface area contributed by atoms with Gasteiger partial charge in [0.1, 0.15) is 35.6 Å². The maximum absolute atomic E-state index is 12.9. The fourth-order valence-electron chi connectivity index (χ4n) is 4.00. The van der Waals surface area contributed by atoms with Gasteiger partial charge in [0.2, 0.25) is 0 Å². The predicted molar refractivity (Wildman–Crippen MR) is 105 cm³/mol. The van der Waals surface area contributed by atoms with E-state index >= 15 is 0 Å². The highest BCUT2D eigenvalue weighted by atomic mass is 16.5. The molecule has 1 aliphatic rings. The second-order valence-electron chi connectivity index (χ2n) is 7.65. The van der Waals surface area contributed by atoms with Crippen LogP contribution in [0.15, 0.2) is 12.1 Å². The number of fused-ring (bicyclic) bond motifs is 2. The van der Waals surface area contributed by atoms with Crippen molar-refractivity contribution in [3.8, 4) is 17.2 Å². The van der Waals surface area contributed by atoms with Gasteiger partial charge in [0.05, 0.1) is 17.1 Å². The maximum atomic E-state index is 12.9. The number of ketones is 2. The number of Topliss-reactive ketones (excluding diaryl/α,β-unsaturated/α-hetero) is 2. The fraction of sp³-hybridized carbons (Fsp3) is 0.429. The standard InChI is InChI=1S/C21H24O9/c1-7-12(23)6-10-4-9-5-11(21(30-3)20(29)16(25)8(2)22)17(26)19(28)14(9)18(27)13(10)15(7)24/h4,6,8,11,16-17,21-27H,5H2,1-3H3/t8?,11-,16?,17+,21-/m0/s1. The van der Waals surface area contributed by atoms with E-state index in [2.05, 4.69) is 0 Å². The molecule has 0 aliphatic heterocycles. The summed E-state index contributed by atoms with van der Waals surface area (Å²) in [6, 6.07) is 2.80. The highest BCUT2D eigenvalue weighted by Crippen LogP contribution is 2.45. The SMILES string of the molecule is CO[C@H](C(=O)C(O)C(C)O)[C@H]1Cc2cc3cc(O)c(C)c(O)c3c(O)c2C(=O)[C@@H]1O. The zero-order valence-electron chi connectivity index (χ0n) is 16.7. The van der Waals surface area contributed by atoms with Gasteiger partial charge in [-0.25, -0.2) is 0 Å². The van der Waals surface area contributed by atoms with E-state index in [1.807, 2.05) is 0 Å². The van der Waals surface area contributed by atoms with Crippen LogP contribution in [0.5, 0.6) is 17.2 Å². The fourth-order valence-corrected chi connectivity index (χ4v) is 4.00. The van der Waals surface area contributed by atoms with Gasteiger partial charge in [0, 0.05) is 18.6 Å². The molecule has 2 aromatic rings. The zero-order chi connectivity index (χ0) is 22.5. The number of methoxy groups -OCH3 is 1. The van der Waals surface area contributed by atoms with Gasteiger partial charge in [-0.2, -0.15) is 0 Å². The van der Waals surface area contributed by atoms with Gasteiger partial charge >= 0.3 is 0 Å². The molecular formula is C21H24O9. The molecule has 0 heterocycles. The lowest BCUT2D eigenvalue weighted by molar-refractivity contribution is -0.148. The lowest BCUT2D eigenvalue weighted by Crippen LogP contribution is -2.50. The van der Waals surface area contributed by atoms with Gasteiger partial charge in [0.15, 0.2) is 11.6 Å². The molecule has 0 amide bonds. The van der Waals surface area contributed by atoms with E-state index in [4.69, 9.17) is 4.74 Å². The number of phenolic OH excluding ortho intramolecular Hbond substituents is 3. The number of hydrogen-bond donors (Lipinski definition) is 6. The molecule has 162 valence electrons.